The lowest BCUT2D eigenvalue weighted by molar-refractivity contribution is -0.169. The minimum atomic E-state index is -1.26. The monoisotopic (exact) mass is 261 g/mol. The summed E-state index contributed by atoms with van der Waals surface area (Å²) in [4.78, 5) is 33.7. The number of carbonyl (C=O) groups excluding carboxylic acids is 2. The third-order valence-electron chi connectivity index (χ3n) is 1.85. The van der Waals surface area contributed by atoms with Gasteiger partial charge in [-0.2, -0.15) is 0 Å². The molecule has 0 aliphatic heterocycles. The Morgan fingerprint density at radius 1 is 1.22 bits per heavy atom. The first-order valence-electron chi connectivity index (χ1n) is 5.48. The fraction of sp³-hybridized carbons (Fsp3) is 0.727. The zero-order chi connectivity index (χ0) is 14.3. The average molecular weight is 261 g/mol. The number of hydrogen-bond donors (Lipinski definition) is 2. The summed E-state index contributed by atoms with van der Waals surface area (Å²) < 4.78 is 9.54. The van der Waals surface area contributed by atoms with Crippen LogP contribution in [0.25, 0.3) is 0 Å². The molecule has 0 fully saturated rings. The predicted octanol–water partition coefficient (Wildman–Crippen LogP) is 0.269. The molecule has 1 atom stereocenters. The molecule has 7 heteroatoms. The lowest BCUT2D eigenvalue weighted by atomic mass is 10.0. The maximum absolute atomic E-state index is 11.7. The van der Waals surface area contributed by atoms with Crippen molar-refractivity contribution in [2.24, 2.45) is 11.7 Å². The minimum absolute atomic E-state index is 0.178. The summed E-state index contributed by atoms with van der Waals surface area (Å²) in [5.41, 5.74) is 4.28. The van der Waals surface area contributed by atoms with Crippen molar-refractivity contribution in [3.63, 3.8) is 0 Å². The van der Waals surface area contributed by atoms with Gasteiger partial charge >= 0.3 is 17.9 Å². The highest BCUT2D eigenvalue weighted by atomic mass is 16.6. The van der Waals surface area contributed by atoms with Gasteiger partial charge in [-0.25, -0.2) is 0 Å². The first kappa shape index (κ1) is 16.4. The van der Waals surface area contributed by atoms with Gasteiger partial charge in [0.1, 0.15) is 12.3 Å². The van der Waals surface area contributed by atoms with Crippen LogP contribution < -0.4 is 5.73 Å². The summed E-state index contributed by atoms with van der Waals surface area (Å²) in [6.07, 6.45) is -0.507. The fourth-order valence-electron chi connectivity index (χ4n) is 1.16. The molecule has 0 rings (SSSR count). The summed E-state index contributed by atoms with van der Waals surface area (Å²) in [6, 6.07) is 0. The van der Waals surface area contributed by atoms with Gasteiger partial charge in [-0.3, -0.25) is 20.1 Å². The number of carboxylic acid groups (broad SMARTS) is 1. The van der Waals surface area contributed by atoms with Gasteiger partial charge in [0.15, 0.2) is 5.92 Å². The van der Waals surface area contributed by atoms with E-state index in [2.05, 4.69) is 4.74 Å². The smallest absolute Gasteiger partial charge is 0.321 e. The Balaban J connectivity index is 4.68. The summed E-state index contributed by atoms with van der Waals surface area (Å²) >= 11 is 0. The maximum atomic E-state index is 11.7. The second kappa shape index (κ2) is 6.95. The van der Waals surface area contributed by atoms with Crippen molar-refractivity contribution < 1.29 is 29.0 Å². The molecule has 7 nitrogen and oxygen atoms in total. The second-order valence-electron chi connectivity index (χ2n) is 4.65. The Morgan fingerprint density at radius 2 is 1.78 bits per heavy atom. The lowest BCUT2D eigenvalue weighted by Crippen LogP contribution is -2.34. The molecule has 0 aliphatic carbocycles. The van der Waals surface area contributed by atoms with E-state index < -0.39 is 29.4 Å². The van der Waals surface area contributed by atoms with Gasteiger partial charge in [-0.05, 0) is 27.2 Å². The van der Waals surface area contributed by atoms with Crippen LogP contribution in [-0.2, 0) is 23.9 Å². The molecular weight excluding hydrogens is 242 g/mol. The molecule has 104 valence electrons. The van der Waals surface area contributed by atoms with Gasteiger partial charge in [0.05, 0.1) is 0 Å². The number of esters is 2. The Morgan fingerprint density at radius 3 is 2.17 bits per heavy atom. The van der Waals surface area contributed by atoms with Crippen molar-refractivity contribution in [3.8, 4) is 0 Å². The number of carbonyl (C=O) groups is 3. The molecule has 3 N–H and O–H groups in total. The SMILES string of the molecule is CC(C)(C)OC(=O)C(CCC(=O)O)C(=O)OCN. The van der Waals surface area contributed by atoms with Crippen LogP contribution in [0.5, 0.6) is 0 Å². The van der Waals surface area contributed by atoms with Gasteiger partial charge < -0.3 is 14.6 Å². The summed E-state index contributed by atoms with van der Waals surface area (Å²) in [6.45, 7) is 4.57. The van der Waals surface area contributed by atoms with E-state index in [0.717, 1.165) is 0 Å². The molecule has 0 amide bonds. The average Bonchev–Trinajstić information content (AvgIpc) is 2.14. The maximum Gasteiger partial charge on any atom is 0.321 e. The Labute approximate surface area is 105 Å². The van der Waals surface area contributed by atoms with Crippen LogP contribution >= 0.6 is 0 Å². The van der Waals surface area contributed by atoms with Crippen LogP contribution in [0.3, 0.4) is 0 Å². The molecular formula is C11H19NO6. The normalized spacial score (nSPS) is 12.7. The molecule has 18 heavy (non-hydrogen) atoms. The zero-order valence-corrected chi connectivity index (χ0v) is 10.8. The predicted molar refractivity (Wildman–Crippen MR) is 61.4 cm³/mol. The third kappa shape index (κ3) is 6.85. The molecule has 0 aliphatic rings. The Hall–Kier alpha value is -1.63. The number of hydrogen-bond acceptors (Lipinski definition) is 6. The standard InChI is InChI=1S/C11H19NO6/c1-11(2,3)18-10(16)7(4-5-8(13)14)9(15)17-6-12/h7H,4-6,12H2,1-3H3,(H,13,14). The highest BCUT2D eigenvalue weighted by molar-refractivity contribution is 5.95. The lowest BCUT2D eigenvalue weighted by Gasteiger charge is -2.22. The molecule has 0 saturated heterocycles. The largest absolute Gasteiger partial charge is 0.481 e. The molecule has 0 saturated carbocycles. The molecule has 0 aromatic heterocycles. The van der Waals surface area contributed by atoms with Crippen LogP contribution in [0.4, 0.5) is 0 Å². The van der Waals surface area contributed by atoms with E-state index in [1.165, 1.54) is 0 Å². The molecule has 0 spiro atoms. The first-order chi connectivity index (χ1) is 8.17. The van der Waals surface area contributed by atoms with E-state index in [-0.39, 0.29) is 19.6 Å². The van der Waals surface area contributed by atoms with Gasteiger partial charge in [0.25, 0.3) is 0 Å². The molecule has 0 radical (unpaired) electrons. The van der Waals surface area contributed by atoms with Gasteiger partial charge in [-0.1, -0.05) is 0 Å². The van der Waals surface area contributed by atoms with Gasteiger partial charge in [0, 0.05) is 6.42 Å². The van der Waals surface area contributed by atoms with Crippen molar-refractivity contribution in [2.75, 3.05) is 6.73 Å². The molecule has 0 heterocycles. The van der Waals surface area contributed by atoms with Crippen molar-refractivity contribution in [3.05, 3.63) is 0 Å². The molecule has 1 unspecified atom stereocenters. The van der Waals surface area contributed by atoms with Crippen molar-refractivity contribution >= 4 is 17.9 Å². The number of nitrogens with two attached hydrogens (primary N) is 1. The highest BCUT2D eigenvalue weighted by Crippen LogP contribution is 2.16. The fourth-order valence-corrected chi connectivity index (χ4v) is 1.16. The Bertz CT molecular complexity index is 320. The van der Waals surface area contributed by atoms with E-state index in [0.29, 0.717) is 0 Å². The van der Waals surface area contributed by atoms with Gasteiger partial charge in [0.2, 0.25) is 0 Å². The number of aliphatic carboxylic acids is 1. The molecule has 0 aromatic rings. The summed E-state index contributed by atoms with van der Waals surface area (Å²) in [5, 5.41) is 8.56. The van der Waals surface area contributed by atoms with Crippen LogP contribution in [0.15, 0.2) is 0 Å². The van der Waals surface area contributed by atoms with Crippen molar-refractivity contribution in [2.45, 2.75) is 39.2 Å². The number of rotatable bonds is 6. The summed E-state index contributed by atoms with van der Waals surface area (Å²) in [5.74, 6) is -4.04. The highest BCUT2D eigenvalue weighted by Gasteiger charge is 2.32. The molecule has 0 aromatic carbocycles. The number of ether oxygens (including phenoxy) is 2. The van der Waals surface area contributed by atoms with Crippen LogP contribution in [0.1, 0.15) is 33.6 Å². The summed E-state index contributed by atoms with van der Waals surface area (Å²) in [7, 11) is 0. The van der Waals surface area contributed by atoms with E-state index in [9.17, 15) is 14.4 Å². The second-order valence-corrected chi connectivity index (χ2v) is 4.65. The quantitative estimate of drug-likeness (QED) is 0.400. The first-order valence-corrected chi connectivity index (χ1v) is 5.48. The van der Waals surface area contributed by atoms with Crippen molar-refractivity contribution in [1.82, 2.24) is 0 Å². The van der Waals surface area contributed by atoms with Crippen molar-refractivity contribution in [1.29, 1.82) is 0 Å². The van der Waals surface area contributed by atoms with E-state index in [1.807, 2.05) is 0 Å². The van der Waals surface area contributed by atoms with Crippen LogP contribution in [0, 0.1) is 5.92 Å². The molecule has 0 bridgehead atoms. The van der Waals surface area contributed by atoms with E-state index in [1.54, 1.807) is 20.8 Å². The van der Waals surface area contributed by atoms with E-state index in [4.69, 9.17) is 15.6 Å². The van der Waals surface area contributed by atoms with E-state index >= 15 is 0 Å². The zero-order valence-electron chi connectivity index (χ0n) is 10.8. The minimum Gasteiger partial charge on any atom is -0.481 e. The topological polar surface area (TPSA) is 116 Å². The van der Waals surface area contributed by atoms with Crippen LogP contribution in [0.2, 0.25) is 0 Å². The Kier molecular flexibility index (Phi) is 6.32. The number of carboxylic acids is 1. The van der Waals surface area contributed by atoms with Gasteiger partial charge in [-0.15, -0.1) is 0 Å². The third-order valence-corrected chi connectivity index (χ3v) is 1.85. The van der Waals surface area contributed by atoms with Crippen LogP contribution in [-0.4, -0.2) is 35.3 Å².